The van der Waals surface area contributed by atoms with Crippen molar-refractivity contribution in [3.63, 3.8) is 0 Å². The minimum absolute atomic E-state index is 0.0722. The van der Waals surface area contributed by atoms with Gasteiger partial charge in [0.25, 0.3) is 5.91 Å². The number of nitrogens with zero attached hydrogens (tertiary/aromatic N) is 3. The van der Waals surface area contributed by atoms with E-state index >= 15 is 0 Å². The summed E-state index contributed by atoms with van der Waals surface area (Å²) >= 11 is 0. The van der Waals surface area contributed by atoms with Crippen LogP contribution in [-0.4, -0.2) is 46.4 Å². The quantitative estimate of drug-likeness (QED) is 0.816. The third-order valence-electron chi connectivity index (χ3n) is 4.01. The number of carbonyl (C=O) groups is 1. The highest BCUT2D eigenvalue weighted by Crippen LogP contribution is 2.35. The lowest BCUT2D eigenvalue weighted by molar-refractivity contribution is 0.0246. The molecule has 0 N–H and O–H groups in total. The summed E-state index contributed by atoms with van der Waals surface area (Å²) in [7, 11) is 3.52. The van der Waals surface area contributed by atoms with E-state index in [1.54, 1.807) is 31.1 Å². The average molecular weight is 265 g/mol. The Hall–Kier alpha value is -1.36. The van der Waals surface area contributed by atoms with Gasteiger partial charge in [0.2, 0.25) is 0 Å². The summed E-state index contributed by atoms with van der Waals surface area (Å²) in [6.45, 7) is 3.58. The molecule has 1 aliphatic heterocycles. The van der Waals surface area contributed by atoms with Gasteiger partial charge in [-0.3, -0.25) is 9.48 Å². The van der Waals surface area contributed by atoms with Crippen molar-refractivity contribution in [2.24, 2.45) is 7.05 Å². The van der Waals surface area contributed by atoms with Gasteiger partial charge in [-0.2, -0.15) is 5.10 Å². The summed E-state index contributed by atoms with van der Waals surface area (Å²) in [5.74, 6) is 0.0722. The van der Waals surface area contributed by atoms with Crippen LogP contribution in [-0.2, 0) is 11.8 Å². The number of aromatic nitrogens is 2. The van der Waals surface area contributed by atoms with E-state index in [2.05, 4.69) is 12.0 Å². The summed E-state index contributed by atoms with van der Waals surface area (Å²) in [5.41, 5.74) is 0.517. The fourth-order valence-electron chi connectivity index (χ4n) is 3.19. The highest BCUT2D eigenvalue weighted by atomic mass is 16.5. The van der Waals surface area contributed by atoms with Crippen molar-refractivity contribution >= 4 is 5.91 Å². The summed E-state index contributed by atoms with van der Waals surface area (Å²) in [4.78, 5) is 14.7. The SMILES string of the molecule is CCC[C@]1(COC)CCCN1C(=O)c1ccnn1C. The van der Waals surface area contributed by atoms with Gasteiger partial charge in [-0.25, -0.2) is 0 Å². The molecule has 5 nitrogen and oxygen atoms in total. The van der Waals surface area contributed by atoms with Crippen LogP contribution in [0.3, 0.4) is 0 Å². The molecular formula is C14H23N3O2. The first-order chi connectivity index (χ1) is 9.14. The predicted octanol–water partition coefficient (Wildman–Crippen LogP) is 1.84. The van der Waals surface area contributed by atoms with E-state index in [9.17, 15) is 4.79 Å². The van der Waals surface area contributed by atoms with Crippen molar-refractivity contribution in [1.29, 1.82) is 0 Å². The molecule has 1 amide bonds. The van der Waals surface area contributed by atoms with Gasteiger partial charge >= 0.3 is 0 Å². The van der Waals surface area contributed by atoms with Crippen LogP contribution in [0.5, 0.6) is 0 Å². The van der Waals surface area contributed by atoms with Crippen LogP contribution in [0.4, 0.5) is 0 Å². The third-order valence-corrected chi connectivity index (χ3v) is 4.01. The lowest BCUT2D eigenvalue weighted by Gasteiger charge is -2.38. The lowest BCUT2D eigenvalue weighted by Crippen LogP contribution is -2.50. The molecule has 2 rings (SSSR count). The molecule has 106 valence electrons. The fourth-order valence-corrected chi connectivity index (χ4v) is 3.19. The Kier molecular flexibility index (Phi) is 4.24. The lowest BCUT2D eigenvalue weighted by atomic mass is 9.91. The highest BCUT2D eigenvalue weighted by molar-refractivity contribution is 5.93. The molecule has 5 heteroatoms. The molecule has 1 atom stereocenters. The molecule has 1 aromatic heterocycles. The number of aryl methyl sites for hydroxylation is 1. The number of rotatable bonds is 5. The second-order valence-electron chi connectivity index (χ2n) is 5.31. The fraction of sp³-hybridized carbons (Fsp3) is 0.714. The van der Waals surface area contributed by atoms with Crippen LogP contribution in [0.25, 0.3) is 0 Å². The van der Waals surface area contributed by atoms with Crippen molar-refractivity contribution in [3.8, 4) is 0 Å². The predicted molar refractivity (Wildman–Crippen MR) is 73.0 cm³/mol. The molecule has 0 spiro atoms. The van der Waals surface area contributed by atoms with Crippen molar-refractivity contribution in [2.45, 2.75) is 38.1 Å². The molecule has 0 unspecified atom stereocenters. The Bertz CT molecular complexity index is 436. The summed E-state index contributed by atoms with van der Waals surface area (Å²) in [6.07, 6.45) is 5.79. The summed E-state index contributed by atoms with van der Waals surface area (Å²) in [6, 6.07) is 1.78. The zero-order valence-electron chi connectivity index (χ0n) is 12.1. The summed E-state index contributed by atoms with van der Waals surface area (Å²) < 4.78 is 7.04. The monoisotopic (exact) mass is 265 g/mol. The van der Waals surface area contributed by atoms with Crippen molar-refractivity contribution < 1.29 is 9.53 Å². The Morgan fingerprint density at radius 1 is 1.58 bits per heavy atom. The van der Waals surface area contributed by atoms with Crippen LogP contribution in [0.15, 0.2) is 12.3 Å². The van der Waals surface area contributed by atoms with Crippen LogP contribution in [0.2, 0.25) is 0 Å². The van der Waals surface area contributed by atoms with E-state index < -0.39 is 0 Å². The van der Waals surface area contributed by atoms with Crippen LogP contribution < -0.4 is 0 Å². The number of hydrogen-bond acceptors (Lipinski definition) is 3. The van der Waals surface area contributed by atoms with E-state index in [-0.39, 0.29) is 11.4 Å². The molecule has 1 saturated heterocycles. The molecule has 0 radical (unpaired) electrons. The molecule has 1 aliphatic rings. The second-order valence-corrected chi connectivity index (χ2v) is 5.31. The third kappa shape index (κ3) is 2.52. The van der Waals surface area contributed by atoms with Gasteiger partial charge in [0, 0.05) is 26.9 Å². The number of hydrogen-bond donors (Lipinski definition) is 0. The van der Waals surface area contributed by atoms with Crippen molar-refractivity contribution in [1.82, 2.24) is 14.7 Å². The largest absolute Gasteiger partial charge is 0.382 e. The van der Waals surface area contributed by atoms with Crippen molar-refractivity contribution in [3.05, 3.63) is 18.0 Å². The molecule has 0 aliphatic carbocycles. The zero-order valence-corrected chi connectivity index (χ0v) is 12.1. The van der Waals surface area contributed by atoms with Crippen LogP contribution >= 0.6 is 0 Å². The van der Waals surface area contributed by atoms with E-state index in [1.165, 1.54) is 0 Å². The molecule has 19 heavy (non-hydrogen) atoms. The van der Waals surface area contributed by atoms with Crippen LogP contribution in [0, 0.1) is 0 Å². The number of ether oxygens (including phenoxy) is 1. The minimum atomic E-state index is -0.134. The molecule has 0 saturated carbocycles. The summed E-state index contributed by atoms with van der Waals surface area (Å²) in [5, 5.41) is 4.09. The highest BCUT2D eigenvalue weighted by Gasteiger charge is 2.43. The number of amides is 1. The van der Waals surface area contributed by atoms with Gasteiger partial charge < -0.3 is 9.64 Å². The Balaban J connectivity index is 2.26. The average Bonchev–Trinajstić information content (AvgIpc) is 2.96. The first-order valence-corrected chi connectivity index (χ1v) is 6.93. The smallest absolute Gasteiger partial charge is 0.272 e. The topological polar surface area (TPSA) is 47.4 Å². The van der Waals surface area contributed by atoms with E-state index in [0.717, 1.165) is 32.2 Å². The van der Waals surface area contributed by atoms with Gasteiger partial charge in [0.05, 0.1) is 12.1 Å². The van der Waals surface area contributed by atoms with E-state index in [1.807, 2.05) is 4.90 Å². The number of methoxy groups -OCH3 is 1. The minimum Gasteiger partial charge on any atom is -0.382 e. The van der Waals surface area contributed by atoms with E-state index in [0.29, 0.717) is 12.3 Å². The van der Waals surface area contributed by atoms with Gasteiger partial charge in [-0.15, -0.1) is 0 Å². The Morgan fingerprint density at radius 2 is 2.37 bits per heavy atom. The molecule has 1 aromatic rings. The van der Waals surface area contributed by atoms with Gasteiger partial charge in [0.1, 0.15) is 5.69 Å². The Labute approximate surface area is 114 Å². The van der Waals surface area contributed by atoms with Gasteiger partial charge in [0.15, 0.2) is 0 Å². The first kappa shape index (κ1) is 14.1. The molecular weight excluding hydrogens is 242 g/mol. The first-order valence-electron chi connectivity index (χ1n) is 6.93. The van der Waals surface area contributed by atoms with Crippen LogP contribution in [0.1, 0.15) is 43.1 Å². The molecule has 2 heterocycles. The van der Waals surface area contributed by atoms with Gasteiger partial charge in [-0.1, -0.05) is 13.3 Å². The molecule has 1 fully saturated rings. The van der Waals surface area contributed by atoms with E-state index in [4.69, 9.17) is 4.74 Å². The molecule has 0 aromatic carbocycles. The standard InChI is InChI=1S/C14H23N3O2/c1-4-7-14(11-19-3)8-5-10-17(14)13(18)12-6-9-15-16(12)2/h6,9H,4-5,7-8,10-11H2,1-3H3/t14-/m1/s1. The maximum absolute atomic E-state index is 12.7. The number of carbonyl (C=O) groups excluding carboxylic acids is 1. The van der Waals surface area contributed by atoms with Gasteiger partial charge in [-0.05, 0) is 25.3 Å². The number of likely N-dealkylation sites (tertiary alicyclic amines) is 1. The zero-order chi connectivity index (χ0) is 13.9. The second kappa shape index (κ2) is 5.74. The van der Waals surface area contributed by atoms with Crippen molar-refractivity contribution in [2.75, 3.05) is 20.3 Å². The normalized spacial score (nSPS) is 23.0. The maximum Gasteiger partial charge on any atom is 0.272 e. The molecule has 0 bridgehead atoms. The maximum atomic E-state index is 12.7. The Morgan fingerprint density at radius 3 is 2.95 bits per heavy atom.